The van der Waals surface area contributed by atoms with Crippen LogP contribution in [0.4, 0.5) is 0 Å². The van der Waals surface area contributed by atoms with E-state index in [1.54, 1.807) is 5.57 Å². The Hall–Kier alpha value is -1.74. The van der Waals surface area contributed by atoms with Crippen molar-refractivity contribution in [2.24, 2.45) is 39.8 Å². The highest BCUT2D eigenvalue weighted by Gasteiger charge is 2.69. The lowest BCUT2D eigenvalue weighted by atomic mass is 9.63. The minimum absolute atomic E-state index is 0.171. The molecule has 4 bridgehead atoms. The lowest BCUT2D eigenvalue weighted by Crippen LogP contribution is -2.37. The van der Waals surface area contributed by atoms with Crippen molar-refractivity contribution in [3.63, 3.8) is 0 Å². The second-order valence-corrected chi connectivity index (χ2v) is 10.6. The van der Waals surface area contributed by atoms with E-state index in [-0.39, 0.29) is 16.7 Å². The van der Waals surface area contributed by atoms with Crippen molar-refractivity contribution in [1.82, 2.24) is 0 Å². The first-order chi connectivity index (χ1) is 14.6. The summed E-state index contributed by atoms with van der Waals surface area (Å²) in [5, 5.41) is 0. The van der Waals surface area contributed by atoms with E-state index in [2.05, 4.69) is 48.3 Å². The van der Waals surface area contributed by atoms with E-state index in [1.165, 1.54) is 24.8 Å². The Morgan fingerprint density at radius 3 is 2.60 bits per heavy atom. The number of nitrogens with two attached hydrogens (primary N) is 1. The molecule has 4 unspecified atom stereocenters. The van der Waals surface area contributed by atoms with Gasteiger partial charge in [0.1, 0.15) is 0 Å². The van der Waals surface area contributed by atoms with Crippen LogP contribution in [-0.4, -0.2) is 18.7 Å². The zero-order valence-corrected chi connectivity index (χ0v) is 18.4. The maximum atomic E-state index is 13.7. The minimum atomic E-state index is -0.259. The first-order valence-electron chi connectivity index (χ1n) is 12.1. The van der Waals surface area contributed by atoms with Crippen LogP contribution in [0.5, 0.6) is 0 Å². The molecular formula is C27H36N2O. The summed E-state index contributed by atoms with van der Waals surface area (Å²) < 4.78 is 0. The van der Waals surface area contributed by atoms with Gasteiger partial charge in [0.2, 0.25) is 0 Å². The molecule has 0 aliphatic heterocycles. The monoisotopic (exact) mass is 404 g/mol. The second kappa shape index (κ2) is 7.75. The maximum absolute atomic E-state index is 13.7. The molecule has 5 fully saturated rings. The van der Waals surface area contributed by atoms with Crippen LogP contribution in [0.2, 0.25) is 0 Å². The molecule has 4 atom stereocenters. The third-order valence-corrected chi connectivity index (χ3v) is 8.92. The Labute approximate surface area is 181 Å². The fourth-order valence-electron chi connectivity index (χ4n) is 7.56. The molecule has 3 heteroatoms. The maximum Gasteiger partial charge on any atom is 0.252 e. The number of allylic oxidation sites excluding steroid dienone is 2. The predicted octanol–water partition coefficient (Wildman–Crippen LogP) is 5.44. The zero-order valence-electron chi connectivity index (χ0n) is 18.4. The van der Waals surface area contributed by atoms with Crippen LogP contribution in [-0.2, 0) is 10.2 Å². The van der Waals surface area contributed by atoms with Gasteiger partial charge in [0.25, 0.3) is 5.91 Å². The van der Waals surface area contributed by atoms with Crippen LogP contribution in [0.3, 0.4) is 0 Å². The highest BCUT2D eigenvalue weighted by atomic mass is 16.1. The van der Waals surface area contributed by atoms with Crippen molar-refractivity contribution in [2.75, 3.05) is 6.54 Å². The molecule has 0 spiro atoms. The van der Waals surface area contributed by atoms with Gasteiger partial charge in [-0.2, -0.15) is 0 Å². The van der Waals surface area contributed by atoms with E-state index >= 15 is 0 Å². The van der Waals surface area contributed by atoms with Crippen LogP contribution in [0, 0.1) is 29.1 Å². The summed E-state index contributed by atoms with van der Waals surface area (Å²) in [6.07, 6.45) is 14.5. The van der Waals surface area contributed by atoms with Gasteiger partial charge in [-0.3, -0.25) is 4.79 Å². The highest BCUT2D eigenvalue weighted by Crippen LogP contribution is 2.72. The summed E-state index contributed by atoms with van der Waals surface area (Å²) in [5.74, 6) is 2.26. The average Bonchev–Trinajstić information content (AvgIpc) is 3.16. The van der Waals surface area contributed by atoms with Crippen molar-refractivity contribution >= 4 is 12.1 Å². The molecule has 5 saturated carbocycles. The minimum Gasteiger partial charge on any atom is -0.330 e. The van der Waals surface area contributed by atoms with E-state index in [0.29, 0.717) is 23.7 Å². The fourth-order valence-corrected chi connectivity index (χ4v) is 7.56. The van der Waals surface area contributed by atoms with Gasteiger partial charge in [-0.15, -0.1) is 0 Å². The Morgan fingerprint density at radius 2 is 1.90 bits per heavy atom. The van der Waals surface area contributed by atoms with Gasteiger partial charge in [0.15, 0.2) is 0 Å². The number of aliphatic imine (C=N–C) groups is 1. The van der Waals surface area contributed by atoms with E-state index in [4.69, 9.17) is 5.73 Å². The average molecular weight is 405 g/mol. The summed E-state index contributed by atoms with van der Waals surface area (Å²) in [5.41, 5.74) is 8.76. The third kappa shape index (κ3) is 3.12. The fraction of sp³-hybridized carbons (Fsp3) is 0.630. The molecule has 1 aromatic rings. The molecule has 1 aromatic carbocycles. The number of benzene rings is 1. The second-order valence-electron chi connectivity index (χ2n) is 10.6. The summed E-state index contributed by atoms with van der Waals surface area (Å²) in [6, 6.07) is 11.0. The van der Waals surface area contributed by atoms with Crippen molar-refractivity contribution < 1.29 is 4.79 Å². The Morgan fingerprint density at radius 1 is 1.13 bits per heavy atom. The number of carbonyl (C=O) groups is 1. The molecule has 5 aliphatic carbocycles. The quantitative estimate of drug-likeness (QED) is 0.524. The number of hydrogen-bond acceptors (Lipinski definition) is 2. The van der Waals surface area contributed by atoms with Crippen molar-refractivity contribution in [2.45, 2.75) is 70.1 Å². The number of nitrogens with zero attached hydrogens (tertiary/aromatic N) is 1. The Bertz CT molecular complexity index is 851. The van der Waals surface area contributed by atoms with Gasteiger partial charge in [-0.1, -0.05) is 48.9 Å². The summed E-state index contributed by atoms with van der Waals surface area (Å²) in [4.78, 5) is 18.3. The van der Waals surface area contributed by atoms with Gasteiger partial charge >= 0.3 is 0 Å². The Kier molecular flexibility index (Phi) is 5.21. The van der Waals surface area contributed by atoms with Crippen molar-refractivity contribution in [3.05, 3.63) is 47.5 Å². The zero-order chi connectivity index (χ0) is 20.8. The van der Waals surface area contributed by atoms with E-state index < -0.39 is 0 Å². The van der Waals surface area contributed by atoms with Crippen LogP contribution in [0.15, 0.2) is 47.0 Å². The first-order valence-corrected chi connectivity index (χ1v) is 12.1. The van der Waals surface area contributed by atoms with Crippen LogP contribution in [0.1, 0.15) is 70.3 Å². The normalized spacial score (nSPS) is 41.2. The number of hydrogen-bond donors (Lipinski definition) is 1. The van der Waals surface area contributed by atoms with E-state index in [1.807, 2.05) is 6.21 Å². The standard InChI is InChI=1S/C27H36N2O/c1-2-6-23-21-13-26(22-7-4-3-5-8-22)15-24(23)27(14-21,18-26)25(30)29-17-20-11-9-19(16-28)10-12-20/h3-8,17,19-21,24H,2,9-16,18,28H2,1H3/b23-6-,29-17?. The Balaban J connectivity index is 1.40. The smallest absolute Gasteiger partial charge is 0.252 e. The third-order valence-electron chi connectivity index (χ3n) is 8.92. The topological polar surface area (TPSA) is 55.5 Å². The molecule has 6 rings (SSSR count). The van der Waals surface area contributed by atoms with Crippen molar-refractivity contribution in [3.8, 4) is 0 Å². The SMILES string of the molecule is CC/C=C1/C2CC3(c4ccccc4)CC1C(C(=O)N=CC1CCC(CN)CC1)(C2)C3. The molecule has 2 N–H and O–H groups in total. The number of carbonyl (C=O) groups excluding carboxylic acids is 1. The molecule has 3 nitrogen and oxygen atoms in total. The molecule has 1 amide bonds. The highest BCUT2D eigenvalue weighted by molar-refractivity contribution is 5.92. The molecule has 160 valence electrons. The van der Waals surface area contributed by atoms with Gasteiger partial charge in [0.05, 0.1) is 5.41 Å². The lowest BCUT2D eigenvalue weighted by molar-refractivity contribution is -0.129. The summed E-state index contributed by atoms with van der Waals surface area (Å²) in [7, 11) is 0. The van der Waals surface area contributed by atoms with Crippen molar-refractivity contribution in [1.29, 1.82) is 0 Å². The van der Waals surface area contributed by atoms with Crippen LogP contribution in [0.25, 0.3) is 0 Å². The van der Waals surface area contributed by atoms with Gasteiger partial charge < -0.3 is 5.73 Å². The van der Waals surface area contributed by atoms with E-state index in [0.717, 1.165) is 45.1 Å². The lowest BCUT2D eigenvalue weighted by Gasteiger charge is -2.41. The molecule has 0 aromatic heterocycles. The predicted molar refractivity (Wildman–Crippen MR) is 122 cm³/mol. The summed E-state index contributed by atoms with van der Waals surface area (Å²) in [6.45, 7) is 3.02. The van der Waals surface area contributed by atoms with Gasteiger partial charge in [0, 0.05) is 6.21 Å². The number of rotatable bonds is 5. The molecule has 0 heterocycles. The molecule has 30 heavy (non-hydrogen) atoms. The first kappa shape index (κ1) is 20.2. The number of amides is 1. The largest absolute Gasteiger partial charge is 0.330 e. The summed E-state index contributed by atoms with van der Waals surface area (Å²) >= 11 is 0. The molecule has 0 saturated heterocycles. The molecule has 0 radical (unpaired) electrons. The van der Waals surface area contributed by atoms with Gasteiger partial charge in [-0.25, -0.2) is 4.99 Å². The van der Waals surface area contributed by atoms with E-state index in [9.17, 15) is 4.79 Å². The van der Waals surface area contributed by atoms with Crippen LogP contribution >= 0.6 is 0 Å². The molecule has 5 aliphatic rings. The van der Waals surface area contributed by atoms with Gasteiger partial charge in [-0.05, 0) is 99.0 Å². The van der Waals surface area contributed by atoms with Crippen LogP contribution < -0.4 is 5.73 Å². The molecular weight excluding hydrogens is 368 g/mol.